The minimum atomic E-state index is 0.635. The molecular formula is C56H34N4O. The van der Waals surface area contributed by atoms with Crippen molar-refractivity contribution in [3.05, 3.63) is 199 Å². The van der Waals surface area contributed by atoms with Crippen LogP contribution in [-0.2, 0) is 0 Å². The van der Waals surface area contributed by atoms with Crippen LogP contribution in [0, 0.1) is 0 Å². The average molecular weight is 779 g/mol. The summed E-state index contributed by atoms with van der Waals surface area (Å²) in [6, 6.07) is 65.9. The summed E-state index contributed by atoms with van der Waals surface area (Å²) in [5.41, 5.74) is 13.5. The molecule has 0 spiro atoms. The Bertz CT molecular complexity index is 3930. The third-order valence-corrected chi connectivity index (χ3v) is 13.2. The van der Waals surface area contributed by atoms with Gasteiger partial charge < -0.3 is 8.98 Å². The Balaban J connectivity index is 1.19. The third kappa shape index (κ3) is 4.66. The molecule has 61 heavy (non-hydrogen) atoms. The van der Waals surface area contributed by atoms with E-state index in [1.54, 1.807) is 0 Å². The molecule has 0 N–H and O–H groups in total. The highest BCUT2D eigenvalue weighted by Crippen LogP contribution is 2.45. The number of allylic oxidation sites excluding steroid dienone is 1. The van der Waals surface area contributed by atoms with Crippen LogP contribution in [0.25, 0.3) is 104 Å². The van der Waals surface area contributed by atoms with Crippen molar-refractivity contribution in [3.8, 4) is 5.69 Å². The second kappa shape index (κ2) is 12.3. The van der Waals surface area contributed by atoms with Gasteiger partial charge in [-0.15, -0.1) is 0 Å². The fraction of sp³-hybridized carbons (Fsp3) is 0.0357. The maximum Gasteiger partial charge on any atom is 0.235 e. The molecule has 9 aromatic carbocycles. The topological polar surface area (TPSA) is 47.7 Å². The Morgan fingerprint density at radius 2 is 1.02 bits per heavy atom. The molecule has 3 aromatic heterocycles. The minimum Gasteiger partial charge on any atom is -0.454 e. The molecule has 0 fully saturated rings. The summed E-state index contributed by atoms with van der Waals surface area (Å²) in [7, 11) is 0. The molecular weight excluding hydrogens is 745 g/mol. The lowest BCUT2D eigenvalue weighted by molar-refractivity contribution is 0.666. The van der Waals surface area contributed by atoms with Gasteiger partial charge in [0.2, 0.25) is 5.96 Å². The molecule has 284 valence electrons. The molecule has 0 saturated heterocycles. The number of aromatic nitrogens is 2. The van der Waals surface area contributed by atoms with Crippen LogP contribution in [-0.4, -0.2) is 20.8 Å². The van der Waals surface area contributed by atoms with E-state index in [9.17, 15) is 0 Å². The number of benzene rings is 9. The van der Waals surface area contributed by atoms with Crippen molar-refractivity contribution in [2.75, 3.05) is 0 Å². The lowest BCUT2D eigenvalue weighted by Gasteiger charge is -2.23. The maximum atomic E-state index is 7.17. The van der Waals surface area contributed by atoms with E-state index < -0.39 is 0 Å². The van der Waals surface area contributed by atoms with Crippen LogP contribution < -0.4 is 0 Å². The van der Waals surface area contributed by atoms with Gasteiger partial charge in [0.05, 0.1) is 39.2 Å². The lowest BCUT2D eigenvalue weighted by Crippen LogP contribution is -2.18. The van der Waals surface area contributed by atoms with Crippen molar-refractivity contribution in [2.45, 2.75) is 12.8 Å². The Hall–Kier alpha value is -8.02. The fourth-order valence-corrected chi connectivity index (χ4v) is 10.4. The lowest BCUT2D eigenvalue weighted by atomic mass is 9.91. The standard InChI is InChI=1S/C56H34N4O/c1-2-12-33(13-3-1)53-39-26-27-47(57-56(58-53)60-48-20-10-8-18-40(48)41-19-9-11-21-49(41)60)44-25-24-43-46-29-35-15-5-7-17-37(35)32-52(46)61-55(43)54(44)59-50-31-38(39)22-23-42(50)45-28-34-14-4-6-16-36(34)30-51(45)59/h1-25,28-32H,26-27H2. The summed E-state index contributed by atoms with van der Waals surface area (Å²) in [5, 5.41) is 11.7. The highest BCUT2D eigenvalue weighted by molar-refractivity contribution is 6.23. The van der Waals surface area contributed by atoms with Gasteiger partial charge in [0.1, 0.15) is 5.58 Å². The predicted octanol–water partition coefficient (Wildman–Crippen LogP) is 14.5. The van der Waals surface area contributed by atoms with E-state index in [0.717, 1.165) is 89.6 Å². The summed E-state index contributed by atoms with van der Waals surface area (Å²) < 4.78 is 11.9. The van der Waals surface area contributed by atoms with Crippen LogP contribution in [0.3, 0.4) is 0 Å². The number of nitrogens with zero attached hydrogens (tertiary/aromatic N) is 4. The van der Waals surface area contributed by atoms with Gasteiger partial charge in [-0.3, -0.25) is 4.57 Å². The predicted molar refractivity (Wildman–Crippen MR) is 254 cm³/mol. The van der Waals surface area contributed by atoms with Crippen LogP contribution in [0.4, 0.5) is 0 Å². The van der Waals surface area contributed by atoms with Crippen molar-refractivity contribution in [1.82, 2.24) is 9.13 Å². The summed E-state index contributed by atoms with van der Waals surface area (Å²) in [6.45, 7) is 0. The summed E-state index contributed by atoms with van der Waals surface area (Å²) in [4.78, 5) is 11.5. The number of aliphatic imine (C=N–C) groups is 2. The Kier molecular flexibility index (Phi) is 6.61. The van der Waals surface area contributed by atoms with Crippen LogP contribution >= 0.6 is 0 Å². The minimum absolute atomic E-state index is 0.635. The first kappa shape index (κ1) is 32.9. The van der Waals surface area contributed by atoms with E-state index in [4.69, 9.17) is 14.4 Å². The SMILES string of the molecule is c1ccc(C2=C3CCC(=NC(n4c5ccccc5c5ccccc54)=N2)c2ccc4c(oc5cc6ccccc6cc54)c2-n2c4cc3ccc4c3cc4ccccc4cc32)cc1. The first-order chi connectivity index (χ1) is 30.2. The maximum absolute atomic E-state index is 7.17. The van der Waals surface area contributed by atoms with Crippen molar-refractivity contribution < 1.29 is 4.42 Å². The Labute approximate surface area is 349 Å². The molecule has 2 aliphatic heterocycles. The normalized spacial score (nSPS) is 14.2. The highest BCUT2D eigenvalue weighted by atomic mass is 16.3. The molecule has 0 aliphatic carbocycles. The molecule has 5 heteroatoms. The van der Waals surface area contributed by atoms with E-state index in [0.29, 0.717) is 12.4 Å². The van der Waals surface area contributed by atoms with Gasteiger partial charge in [0.15, 0.2) is 5.58 Å². The number of hydrogen-bond donors (Lipinski definition) is 0. The van der Waals surface area contributed by atoms with Crippen LogP contribution in [0.2, 0.25) is 0 Å². The zero-order valence-electron chi connectivity index (χ0n) is 32.9. The Morgan fingerprint density at radius 3 is 1.77 bits per heavy atom. The molecule has 0 saturated carbocycles. The van der Waals surface area contributed by atoms with Crippen molar-refractivity contribution in [2.24, 2.45) is 9.98 Å². The number of hydrogen-bond acceptors (Lipinski definition) is 3. The zero-order chi connectivity index (χ0) is 39.8. The smallest absolute Gasteiger partial charge is 0.235 e. The van der Waals surface area contributed by atoms with Gasteiger partial charge in [-0.1, -0.05) is 133 Å². The van der Waals surface area contributed by atoms with Crippen LogP contribution in [0.5, 0.6) is 0 Å². The monoisotopic (exact) mass is 778 g/mol. The van der Waals surface area contributed by atoms with Gasteiger partial charge >= 0.3 is 0 Å². The first-order valence-electron chi connectivity index (χ1n) is 21.0. The molecule has 0 atom stereocenters. The molecule has 5 nitrogen and oxygen atoms in total. The molecule has 4 bridgehead atoms. The van der Waals surface area contributed by atoms with Gasteiger partial charge in [-0.25, -0.2) is 9.98 Å². The summed E-state index contributed by atoms with van der Waals surface area (Å²) in [6.07, 6.45) is 1.45. The molecule has 0 radical (unpaired) electrons. The largest absolute Gasteiger partial charge is 0.454 e. The fourth-order valence-electron chi connectivity index (χ4n) is 10.4. The number of rotatable bonds is 1. The van der Waals surface area contributed by atoms with E-state index in [-0.39, 0.29) is 0 Å². The average Bonchev–Trinajstić information content (AvgIpc) is 3.94. The zero-order valence-corrected chi connectivity index (χ0v) is 32.9. The van der Waals surface area contributed by atoms with Gasteiger partial charge in [0, 0.05) is 43.4 Å². The molecule has 5 heterocycles. The molecule has 14 rings (SSSR count). The number of para-hydroxylation sites is 2. The van der Waals surface area contributed by atoms with Crippen molar-refractivity contribution >= 4 is 110 Å². The quantitative estimate of drug-likeness (QED) is 0.164. The number of fused-ring (bicyclic) bond motifs is 20. The molecule has 12 aromatic rings. The Morgan fingerprint density at radius 1 is 0.410 bits per heavy atom. The van der Waals surface area contributed by atoms with E-state index in [2.05, 4.69) is 191 Å². The van der Waals surface area contributed by atoms with E-state index in [1.807, 2.05) is 0 Å². The van der Waals surface area contributed by atoms with E-state index in [1.165, 1.54) is 43.3 Å². The second-order valence-electron chi connectivity index (χ2n) is 16.5. The van der Waals surface area contributed by atoms with Crippen molar-refractivity contribution in [1.29, 1.82) is 0 Å². The van der Waals surface area contributed by atoms with Gasteiger partial charge in [-0.05, 0) is 94.1 Å². The van der Waals surface area contributed by atoms with E-state index >= 15 is 0 Å². The highest BCUT2D eigenvalue weighted by Gasteiger charge is 2.29. The van der Waals surface area contributed by atoms with Crippen LogP contribution in [0.15, 0.2) is 196 Å². The third-order valence-electron chi connectivity index (χ3n) is 13.2. The van der Waals surface area contributed by atoms with Crippen LogP contribution in [0.1, 0.15) is 29.5 Å². The molecule has 2 aliphatic rings. The van der Waals surface area contributed by atoms with Gasteiger partial charge in [-0.2, -0.15) is 0 Å². The molecule has 0 unspecified atom stereocenters. The molecule has 0 amide bonds. The second-order valence-corrected chi connectivity index (χ2v) is 16.5. The first-order valence-corrected chi connectivity index (χ1v) is 21.0. The summed E-state index contributed by atoms with van der Waals surface area (Å²) in [5.74, 6) is 0.635. The van der Waals surface area contributed by atoms with Crippen molar-refractivity contribution in [3.63, 3.8) is 0 Å². The summed E-state index contributed by atoms with van der Waals surface area (Å²) >= 11 is 0. The number of furan rings is 1. The van der Waals surface area contributed by atoms with Gasteiger partial charge in [0.25, 0.3) is 0 Å².